The molecule has 6 rings (SSSR count). The third-order valence-corrected chi connectivity index (χ3v) is 6.94. The van der Waals surface area contributed by atoms with Gasteiger partial charge in [0, 0.05) is 24.2 Å². The molecule has 0 spiro atoms. The summed E-state index contributed by atoms with van der Waals surface area (Å²) in [7, 11) is 1.70. The van der Waals surface area contributed by atoms with Gasteiger partial charge in [-0.3, -0.25) is 9.48 Å². The molecule has 7 nitrogen and oxygen atoms in total. The number of aryl methyl sites for hydroxylation is 1. The first kappa shape index (κ1) is 21.6. The van der Waals surface area contributed by atoms with Crippen LogP contribution in [0.1, 0.15) is 46.9 Å². The molecule has 0 unspecified atom stereocenters. The van der Waals surface area contributed by atoms with Crippen LogP contribution in [-0.2, 0) is 13.5 Å². The van der Waals surface area contributed by atoms with Crippen LogP contribution in [0.4, 0.5) is 13.2 Å². The maximum atomic E-state index is 14.0. The summed E-state index contributed by atoms with van der Waals surface area (Å²) >= 11 is 0. The van der Waals surface area contributed by atoms with Crippen LogP contribution in [0.3, 0.4) is 0 Å². The number of carbonyl (C=O) groups excluding carboxylic acids is 1. The number of halogens is 3. The van der Waals surface area contributed by atoms with Crippen molar-refractivity contribution >= 4 is 5.91 Å². The van der Waals surface area contributed by atoms with Crippen molar-refractivity contribution in [2.24, 2.45) is 7.05 Å². The van der Waals surface area contributed by atoms with Crippen LogP contribution in [-0.4, -0.2) is 41.6 Å². The predicted octanol–water partition coefficient (Wildman–Crippen LogP) is 4.38. The number of carbonyl (C=O) groups is 1. The number of nitrogens with zero attached hydrogens (tertiary/aromatic N) is 6. The van der Waals surface area contributed by atoms with E-state index in [2.05, 4.69) is 15.3 Å². The summed E-state index contributed by atoms with van der Waals surface area (Å²) in [5.41, 5.74) is 3.41. The minimum atomic E-state index is -1.50. The second-order valence-corrected chi connectivity index (χ2v) is 8.94. The molecule has 0 aliphatic carbocycles. The van der Waals surface area contributed by atoms with Crippen LogP contribution in [0, 0.1) is 17.5 Å². The molecule has 2 aliphatic rings. The largest absolute Gasteiger partial charge is 0.327 e. The summed E-state index contributed by atoms with van der Waals surface area (Å²) in [4.78, 5) is 17.2. The zero-order valence-electron chi connectivity index (χ0n) is 18.8. The van der Waals surface area contributed by atoms with E-state index in [9.17, 15) is 18.0 Å². The molecule has 2 atom stereocenters. The average Bonchev–Trinajstić information content (AvgIpc) is 3.49. The van der Waals surface area contributed by atoms with Crippen LogP contribution in [0.2, 0.25) is 0 Å². The van der Waals surface area contributed by atoms with Gasteiger partial charge in [0.15, 0.2) is 17.5 Å². The standard InChI is InChI=1S/C25H21F3N6O/c1-32-24(14-11-18(26)22(28)19(27)12-14)17-13-15-5-4-8-21(23(17)31-32)33(15)25(35)16-6-2-3-7-20(16)34-29-9-10-30-34/h2-3,6-7,9-12,15,21H,4-5,8,13H2,1H3/t15-,21+/m0/s1. The van der Waals surface area contributed by atoms with Gasteiger partial charge in [-0.2, -0.15) is 20.1 Å². The number of fused-ring (bicyclic) bond motifs is 4. The molecule has 178 valence electrons. The highest BCUT2D eigenvalue weighted by Crippen LogP contribution is 2.45. The van der Waals surface area contributed by atoms with E-state index in [1.807, 2.05) is 17.0 Å². The Hall–Kier alpha value is -3.95. The molecule has 4 aromatic rings. The van der Waals surface area contributed by atoms with Gasteiger partial charge >= 0.3 is 0 Å². The van der Waals surface area contributed by atoms with Gasteiger partial charge in [0.2, 0.25) is 0 Å². The van der Waals surface area contributed by atoms with Crippen molar-refractivity contribution in [3.05, 3.63) is 83.1 Å². The topological polar surface area (TPSA) is 68.8 Å². The summed E-state index contributed by atoms with van der Waals surface area (Å²) < 4.78 is 43.2. The first-order valence-electron chi connectivity index (χ1n) is 11.4. The molecular formula is C25H21F3N6O. The summed E-state index contributed by atoms with van der Waals surface area (Å²) in [6.07, 6.45) is 6.06. The van der Waals surface area contributed by atoms with Crippen LogP contribution in [0.5, 0.6) is 0 Å². The summed E-state index contributed by atoms with van der Waals surface area (Å²) in [6.45, 7) is 0. The van der Waals surface area contributed by atoms with Gasteiger partial charge in [-0.25, -0.2) is 13.2 Å². The molecule has 2 aromatic carbocycles. The average molecular weight is 478 g/mol. The summed E-state index contributed by atoms with van der Waals surface area (Å²) in [5.74, 6) is -4.12. The highest BCUT2D eigenvalue weighted by atomic mass is 19.2. The third-order valence-electron chi connectivity index (χ3n) is 6.94. The fourth-order valence-corrected chi connectivity index (χ4v) is 5.51. The van der Waals surface area contributed by atoms with Crippen molar-refractivity contribution in [2.75, 3.05) is 0 Å². The van der Waals surface area contributed by atoms with E-state index >= 15 is 0 Å². The molecule has 1 fully saturated rings. The van der Waals surface area contributed by atoms with Gasteiger partial charge < -0.3 is 4.90 Å². The van der Waals surface area contributed by atoms with E-state index in [0.717, 1.165) is 37.0 Å². The number of hydrogen-bond acceptors (Lipinski definition) is 4. The Bertz CT molecular complexity index is 1420. The van der Waals surface area contributed by atoms with Crippen molar-refractivity contribution in [2.45, 2.75) is 37.8 Å². The van der Waals surface area contributed by atoms with Crippen LogP contribution >= 0.6 is 0 Å². The molecule has 2 aliphatic heterocycles. The molecule has 1 saturated heterocycles. The van der Waals surface area contributed by atoms with Crippen molar-refractivity contribution < 1.29 is 18.0 Å². The van der Waals surface area contributed by atoms with Gasteiger partial charge in [0.1, 0.15) is 0 Å². The van der Waals surface area contributed by atoms with Crippen LogP contribution in [0.25, 0.3) is 16.9 Å². The summed E-state index contributed by atoms with van der Waals surface area (Å²) in [5, 5.41) is 13.0. The maximum absolute atomic E-state index is 14.0. The third kappa shape index (κ3) is 3.35. The fourth-order valence-electron chi connectivity index (χ4n) is 5.51. The van der Waals surface area contributed by atoms with Gasteiger partial charge in [-0.05, 0) is 49.9 Å². The molecule has 1 amide bonds. The Balaban J connectivity index is 1.44. The minimum absolute atomic E-state index is 0.106. The van der Waals surface area contributed by atoms with Gasteiger partial charge in [0.25, 0.3) is 5.91 Å². The number of aromatic nitrogens is 5. The summed E-state index contributed by atoms with van der Waals surface area (Å²) in [6, 6.07) is 8.81. The molecule has 4 heterocycles. The first-order chi connectivity index (χ1) is 16.9. The number of piperidine rings is 1. The molecule has 2 aromatic heterocycles. The smallest absolute Gasteiger partial charge is 0.256 e. The lowest BCUT2D eigenvalue weighted by atomic mass is 9.81. The Morgan fingerprint density at radius 1 is 1.03 bits per heavy atom. The molecule has 0 saturated carbocycles. The lowest BCUT2D eigenvalue weighted by Gasteiger charge is -2.45. The number of hydrogen-bond donors (Lipinski definition) is 0. The molecule has 10 heteroatoms. The van der Waals surface area contributed by atoms with Gasteiger partial charge in [-0.1, -0.05) is 12.1 Å². The minimum Gasteiger partial charge on any atom is -0.327 e. The van der Waals surface area contributed by atoms with Crippen molar-refractivity contribution in [1.82, 2.24) is 29.7 Å². The molecule has 35 heavy (non-hydrogen) atoms. The van der Waals surface area contributed by atoms with Gasteiger partial charge in [-0.15, -0.1) is 0 Å². The van der Waals surface area contributed by atoms with E-state index in [1.165, 1.54) is 4.80 Å². The molecular weight excluding hydrogens is 457 g/mol. The Morgan fingerprint density at radius 3 is 2.49 bits per heavy atom. The Morgan fingerprint density at radius 2 is 1.74 bits per heavy atom. The Labute approximate surface area is 198 Å². The number of para-hydroxylation sites is 1. The number of rotatable bonds is 3. The SMILES string of the molecule is Cn1nc2c(c1-c1cc(F)c(F)c(F)c1)C[C@@H]1CCC[C@H]2N1C(=O)c1ccccc1-n1nccn1. The van der Waals surface area contributed by atoms with E-state index in [-0.39, 0.29) is 23.6 Å². The second kappa shape index (κ2) is 8.07. The highest BCUT2D eigenvalue weighted by molar-refractivity contribution is 5.98. The number of benzene rings is 2. The van der Waals surface area contributed by atoms with E-state index < -0.39 is 17.5 Å². The number of amides is 1. The molecule has 0 N–H and O–H groups in total. The predicted molar refractivity (Wildman–Crippen MR) is 120 cm³/mol. The second-order valence-electron chi connectivity index (χ2n) is 8.94. The van der Waals surface area contributed by atoms with E-state index in [4.69, 9.17) is 0 Å². The zero-order chi connectivity index (χ0) is 24.3. The zero-order valence-corrected chi connectivity index (χ0v) is 18.8. The lowest BCUT2D eigenvalue weighted by molar-refractivity contribution is 0.0391. The lowest BCUT2D eigenvalue weighted by Crippen LogP contribution is -2.50. The van der Waals surface area contributed by atoms with Crippen molar-refractivity contribution in [1.29, 1.82) is 0 Å². The highest BCUT2D eigenvalue weighted by Gasteiger charge is 2.44. The van der Waals surface area contributed by atoms with Crippen molar-refractivity contribution in [3.63, 3.8) is 0 Å². The van der Waals surface area contributed by atoms with Crippen molar-refractivity contribution in [3.8, 4) is 16.9 Å². The fraction of sp³-hybridized carbons (Fsp3) is 0.280. The normalized spacial score (nSPS) is 19.0. The monoisotopic (exact) mass is 478 g/mol. The van der Waals surface area contributed by atoms with Gasteiger partial charge in [0.05, 0.1) is 41.1 Å². The molecule has 2 bridgehead atoms. The van der Waals surface area contributed by atoms with Crippen LogP contribution in [0.15, 0.2) is 48.8 Å². The maximum Gasteiger partial charge on any atom is 0.256 e. The van der Waals surface area contributed by atoms with Crippen LogP contribution < -0.4 is 0 Å². The Kier molecular flexibility index (Phi) is 4.98. The van der Waals surface area contributed by atoms with E-state index in [1.54, 1.807) is 36.3 Å². The van der Waals surface area contributed by atoms with E-state index in [0.29, 0.717) is 29.1 Å². The first-order valence-corrected chi connectivity index (χ1v) is 11.4. The quantitative estimate of drug-likeness (QED) is 0.410. The molecule has 0 radical (unpaired) electrons.